The molecule has 0 aliphatic heterocycles. The second-order valence-electron chi connectivity index (χ2n) is 4.53. The lowest BCUT2D eigenvalue weighted by Crippen LogP contribution is -2.42. The van der Waals surface area contributed by atoms with Crippen molar-refractivity contribution in [2.75, 3.05) is 0 Å². The van der Waals surface area contributed by atoms with E-state index in [4.69, 9.17) is 12.6 Å². The zero-order valence-corrected chi connectivity index (χ0v) is 14.5. The molecule has 0 aliphatic rings. The van der Waals surface area contributed by atoms with Crippen molar-refractivity contribution in [1.82, 2.24) is 0 Å². The van der Waals surface area contributed by atoms with Gasteiger partial charge in [0.25, 0.3) is 0 Å². The molecule has 8 heteroatoms. The van der Waals surface area contributed by atoms with Crippen molar-refractivity contribution in [2.24, 2.45) is 0 Å². The zero-order valence-electron chi connectivity index (χ0n) is 12.1. The minimum Gasteiger partial charge on any atom is -0.405 e. The van der Waals surface area contributed by atoms with Crippen molar-refractivity contribution < 1.29 is 40.6 Å². The molecule has 0 saturated heterocycles. The third kappa shape index (κ3) is 5.20. The average Bonchev–Trinajstić information content (AvgIpc) is 2.76. The van der Waals surface area contributed by atoms with Gasteiger partial charge in [0.15, 0.2) is 9.58 Å². The fourth-order valence-electron chi connectivity index (χ4n) is 2.21. The Morgan fingerprint density at radius 3 is 2.14 bits per heavy atom. The molecule has 2 aromatic rings. The van der Waals surface area contributed by atoms with Crippen LogP contribution in [0.2, 0.25) is 0 Å². The first-order chi connectivity index (χ1) is 10.2. The molecule has 0 N–H and O–H groups in total. The van der Waals surface area contributed by atoms with E-state index in [1.807, 2.05) is 19.1 Å². The summed E-state index contributed by atoms with van der Waals surface area (Å²) in [6, 6.07) is 7.22. The first kappa shape index (κ1) is 19.4. The first-order valence-corrected chi connectivity index (χ1v) is 9.75. The molecular formula is C14H16BrF3O3S. The van der Waals surface area contributed by atoms with E-state index in [1.165, 1.54) is 0 Å². The number of hydrogen-bond acceptors (Lipinski definition) is 3. The van der Waals surface area contributed by atoms with Gasteiger partial charge >= 0.3 is 5.51 Å². The van der Waals surface area contributed by atoms with Gasteiger partial charge in [-0.3, -0.25) is 0 Å². The highest BCUT2D eigenvalue weighted by Gasteiger charge is 2.47. The molecule has 0 saturated carbocycles. The highest BCUT2D eigenvalue weighted by atomic mass is 80.0. The van der Waals surface area contributed by atoms with Gasteiger partial charge < -0.3 is 12.6 Å². The molecule has 1 heterocycles. The van der Waals surface area contributed by atoms with E-state index in [-0.39, 0.29) is 0 Å². The maximum absolute atomic E-state index is 13.2. The lowest BCUT2D eigenvalue weighted by molar-refractivity contribution is -1.73. The van der Waals surface area contributed by atoms with Crippen molar-refractivity contribution in [3.63, 3.8) is 0 Å². The molecule has 1 aromatic carbocycles. The smallest absolute Gasteiger partial charge is 0.405 e. The highest BCUT2D eigenvalue weighted by molar-refractivity contribution is 7.38. The number of rotatable bonds is 3. The topological polar surface area (TPSA) is 69.2 Å². The third-order valence-electron chi connectivity index (χ3n) is 3.00. The Morgan fingerprint density at radius 2 is 1.68 bits per heavy atom. The lowest BCUT2D eigenvalue weighted by Gasteiger charge is -2.00. The summed E-state index contributed by atoms with van der Waals surface area (Å²) in [7, 11) is -1.71. The van der Waals surface area contributed by atoms with E-state index in [1.54, 1.807) is 19.1 Å². The molecule has 0 radical (unpaired) electrons. The molecule has 0 fully saturated rings. The van der Waals surface area contributed by atoms with Crippen molar-refractivity contribution in [3.05, 3.63) is 34.7 Å². The normalized spacial score (nSPS) is 12.5. The average molecular weight is 401 g/mol. The Kier molecular flexibility index (Phi) is 7.27. The predicted octanol–water partition coefficient (Wildman–Crippen LogP) is 2.01. The van der Waals surface area contributed by atoms with Crippen LogP contribution in [0, 0.1) is 14.8 Å². The van der Waals surface area contributed by atoms with Gasteiger partial charge in [0, 0.05) is 23.9 Å². The van der Waals surface area contributed by atoms with Gasteiger partial charge in [0.1, 0.15) is 0 Å². The van der Waals surface area contributed by atoms with Crippen LogP contribution in [-0.4, -0.2) is 0 Å². The number of hydrogen-bond donors (Lipinski definition) is 0. The Bertz CT molecular complexity index is 608. The number of fused-ring (bicyclic) bond motifs is 1. The van der Waals surface area contributed by atoms with Crippen LogP contribution in [0.4, 0.5) is 13.2 Å². The summed E-state index contributed by atoms with van der Waals surface area (Å²) >= 11 is -3.65. The second-order valence-corrected chi connectivity index (χ2v) is 7.36. The predicted molar refractivity (Wildman–Crippen MR) is 71.1 cm³/mol. The van der Waals surface area contributed by atoms with E-state index in [0.717, 1.165) is 23.8 Å². The van der Waals surface area contributed by atoms with Crippen molar-refractivity contribution in [2.45, 2.75) is 38.6 Å². The van der Waals surface area contributed by atoms with Crippen LogP contribution in [0.25, 0.3) is 10.1 Å². The van der Waals surface area contributed by atoms with Gasteiger partial charge in [-0.15, -0.1) is 13.2 Å². The quantitative estimate of drug-likeness (QED) is 0.739. The molecule has 1 unspecified atom stereocenters. The van der Waals surface area contributed by atoms with Crippen LogP contribution in [0.3, 0.4) is 0 Å². The second kappa shape index (κ2) is 8.26. The number of halogens is 4. The third-order valence-corrected chi connectivity index (χ3v) is 5.18. The molecule has 0 bridgehead atoms. The molecule has 3 nitrogen and oxygen atoms in total. The van der Waals surface area contributed by atoms with Crippen molar-refractivity contribution in [1.29, 1.82) is 0 Å². The summed E-state index contributed by atoms with van der Waals surface area (Å²) in [5, 5.41) is 0.743. The van der Waals surface area contributed by atoms with Gasteiger partial charge in [0.2, 0.25) is 14.8 Å². The molecule has 1 aromatic heterocycles. The van der Waals surface area contributed by atoms with Crippen LogP contribution in [0.1, 0.15) is 30.7 Å². The number of thiophene rings is 1. The van der Waals surface area contributed by atoms with Crippen LogP contribution >= 0.6 is 10.5 Å². The number of alkyl halides is 3. The van der Waals surface area contributed by atoms with Crippen LogP contribution in [0.15, 0.2) is 24.3 Å². The minimum atomic E-state index is -4.15. The molecule has 124 valence electrons. The van der Waals surface area contributed by atoms with Crippen molar-refractivity contribution in [3.8, 4) is 0 Å². The SMILES string of the molecule is CCCc1ccc2cc(CC)[s+](C(F)(F)F)c2c1.[O-][Br+2]([O-])[O-]. The number of aryl methyl sites for hydroxylation is 2. The summed E-state index contributed by atoms with van der Waals surface area (Å²) in [5.41, 5.74) is -3.15. The Labute approximate surface area is 134 Å². The van der Waals surface area contributed by atoms with Gasteiger partial charge in [-0.1, -0.05) is 26.3 Å². The highest BCUT2D eigenvalue weighted by Crippen LogP contribution is 2.51. The lowest BCUT2D eigenvalue weighted by atomic mass is 10.1. The summed E-state index contributed by atoms with van der Waals surface area (Å²) < 4.78 is 65.5. The summed E-state index contributed by atoms with van der Waals surface area (Å²) in [5.74, 6) is 0. The fourth-order valence-corrected chi connectivity index (χ4v) is 4.21. The summed E-state index contributed by atoms with van der Waals surface area (Å²) in [6.07, 6.45) is 2.25. The van der Waals surface area contributed by atoms with Crippen LogP contribution in [0.5, 0.6) is 0 Å². The van der Waals surface area contributed by atoms with E-state index >= 15 is 0 Å². The summed E-state index contributed by atoms with van der Waals surface area (Å²) in [4.78, 5) is 0.506. The maximum atomic E-state index is 13.2. The molecule has 0 aliphatic carbocycles. The molecule has 2 rings (SSSR count). The van der Waals surface area contributed by atoms with E-state index in [9.17, 15) is 13.2 Å². The fraction of sp³-hybridized carbons (Fsp3) is 0.429. The van der Waals surface area contributed by atoms with Crippen LogP contribution in [-0.2, 0) is 18.3 Å². The Hall–Kier alpha value is -0.670. The molecule has 0 amide bonds. The standard InChI is InChI=1S/C14H16F3S.BrO3/c1-3-5-10-6-7-11-9-12(4-2)18(13(11)8-10)14(15,16)17;2-1(3)4/h6-9H,3-5H2,1-2H3;/q+1;-1. The van der Waals surface area contributed by atoms with Gasteiger partial charge in [-0.2, -0.15) is 0 Å². The first-order valence-electron chi connectivity index (χ1n) is 6.58. The maximum Gasteiger partial charge on any atom is 0.600 e. The van der Waals surface area contributed by atoms with E-state index in [2.05, 4.69) is 0 Å². The van der Waals surface area contributed by atoms with Crippen molar-refractivity contribution >= 4 is 20.6 Å². The Balaban J connectivity index is 0.000000541. The number of benzene rings is 1. The molecule has 0 spiro atoms. The van der Waals surface area contributed by atoms with E-state index in [0.29, 0.717) is 16.0 Å². The van der Waals surface area contributed by atoms with Gasteiger partial charge in [-0.25, -0.2) is 0 Å². The molecular weight excluding hydrogens is 385 g/mol. The van der Waals surface area contributed by atoms with Crippen LogP contribution < -0.4 is 12.6 Å². The van der Waals surface area contributed by atoms with Gasteiger partial charge in [0.05, 0.1) is 10.5 Å². The molecule has 1 atom stereocenters. The summed E-state index contributed by atoms with van der Waals surface area (Å²) in [6.45, 7) is 3.82. The minimum absolute atomic E-state index is 0.459. The van der Waals surface area contributed by atoms with Gasteiger partial charge in [-0.05, 0) is 18.1 Å². The van der Waals surface area contributed by atoms with E-state index < -0.39 is 30.8 Å². The largest absolute Gasteiger partial charge is 0.600 e. The molecule has 22 heavy (non-hydrogen) atoms. The monoisotopic (exact) mass is 400 g/mol. The zero-order chi connectivity index (χ0) is 16.9. The Morgan fingerprint density at radius 1 is 1.09 bits per heavy atom.